The molecule has 1 fully saturated rings. The minimum Gasteiger partial charge on any atom is -0.368 e. The number of ether oxygens (including phenoxy) is 1. The maximum absolute atomic E-state index is 12.7. The Kier molecular flexibility index (Phi) is 4.66. The Morgan fingerprint density at radius 1 is 1.04 bits per heavy atom. The molecule has 130 valence electrons. The minimum absolute atomic E-state index is 0.0199. The summed E-state index contributed by atoms with van der Waals surface area (Å²) in [6, 6.07) is 15.1. The van der Waals surface area contributed by atoms with Crippen molar-refractivity contribution >= 4 is 5.91 Å². The van der Waals surface area contributed by atoms with Crippen LogP contribution in [0.2, 0.25) is 0 Å². The van der Waals surface area contributed by atoms with Gasteiger partial charge in [0.1, 0.15) is 12.4 Å². The van der Waals surface area contributed by atoms with Crippen LogP contribution in [0.3, 0.4) is 0 Å². The van der Waals surface area contributed by atoms with Crippen molar-refractivity contribution < 1.29 is 9.53 Å². The van der Waals surface area contributed by atoms with Gasteiger partial charge in [0.25, 0.3) is 5.91 Å². The molecular weight excluding hydrogens is 328 g/mol. The van der Waals surface area contributed by atoms with Gasteiger partial charge < -0.3 is 9.64 Å². The molecule has 1 unspecified atom stereocenters. The first-order valence-corrected chi connectivity index (χ1v) is 8.49. The maximum Gasteiger partial charge on any atom is 0.254 e. The molecule has 1 aromatic carbocycles. The van der Waals surface area contributed by atoms with Crippen molar-refractivity contribution in [3.05, 3.63) is 78.5 Å². The lowest BCUT2D eigenvalue weighted by Gasteiger charge is -2.32. The molecule has 3 heterocycles. The standard InChI is InChI=1S/C20H18N4O2/c25-20(15-5-2-1-3-6-15)24-9-10-26-19(13-24)18-8-4-7-17(23-18)16-11-21-14-22-12-16/h1-8,11-12,14,19H,9-10,13H2. The second kappa shape index (κ2) is 7.41. The van der Waals surface area contributed by atoms with Gasteiger partial charge in [0, 0.05) is 30.1 Å². The largest absolute Gasteiger partial charge is 0.368 e. The molecule has 0 aliphatic carbocycles. The van der Waals surface area contributed by atoms with Crippen molar-refractivity contribution in [3.63, 3.8) is 0 Å². The number of hydrogen-bond acceptors (Lipinski definition) is 5. The van der Waals surface area contributed by atoms with E-state index in [9.17, 15) is 4.79 Å². The van der Waals surface area contributed by atoms with Crippen molar-refractivity contribution in [3.8, 4) is 11.3 Å². The lowest BCUT2D eigenvalue weighted by atomic mass is 10.1. The predicted octanol–water partition coefficient (Wildman–Crippen LogP) is 2.75. The quantitative estimate of drug-likeness (QED) is 0.729. The van der Waals surface area contributed by atoms with E-state index in [4.69, 9.17) is 9.72 Å². The number of hydrogen-bond donors (Lipinski definition) is 0. The zero-order valence-electron chi connectivity index (χ0n) is 14.2. The first kappa shape index (κ1) is 16.4. The summed E-state index contributed by atoms with van der Waals surface area (Å²) in [5, 5.41) is 0. The number of rotatable bonds is 3. The molecule has 2 aromatic heterocycles. The number of benzene rings is 1. The Morgan fingerprint density at radius 3 is 2.65 bits per heavy atom. The summed E-state index contributed by atoms with van der Waals surface area (Å²) in [7, 11) is 0. The van der Waals surface area contributed by atoms with Gasteiger partial charge in [-0.1, -0.05) is 24.3 Å². The fourth-order valence-corrected chi connectivity index (χ4v) is 3.00. The molecule has 0 N–H and O–H groups in total. The highest BCUT2D eigenvalue weighted by Crippen LogP contribution is 2.24. The second-order valence-corrected chi connectivity index (χ2v) is 6.05. The van der Waals surface area contributed by atoms with E-state index < -0.39 is 0 Å². The fraction of sp³-hybridized carbons (Fsp3) is 0.200. The van der Waals surface area contributed by atoms with Crippen molar-refractivity contribution in [2.24, 2.45) is 0 Å². The maximum atomic E-state index is 12.7. The van der Waals surface area contributed by atoms with Crippen molar-refractivity contribution in [2.75, 3.05) is 19.7 Å². The normalized spacial score (nSPS) is 17.1. The molecular formula is C20H18N4O2. The van der Waals surface area contributed by atoms with E-state index in [-0.39, 0.29) is 12.0 Å². The molecule has 26 heavy (non-hydrogen) atoms. The van der Waals surface area contributed by atoms with Gasteiger partial charge in [0.2, 0.25) is 0 Å². The van der Waals surface area contributed by atoms with Crippen LogP contribution in [0.15, 0.2) is 67.3 Å². The molecule has 1 atom stereocenters. The number of morpholine rings is 1. The van der Waals surface area contributed by atoms with E-state index in [1.807, 2.05) is 53.4 Å². The summed E-state index contributed by atoms with van der Waals surface area (Å²) >= 11 is 0. The zero-order valence-corrected chi connectivity index (χ0v) is 14.2. The lowest BCUT2D eigenvalue weighted by Crippen LogP contribution is -2.42. The third-order valence-corrected chi connectivity index (χ3v) is 4.33. The average Bonchev–Trinajstić information content (AvgIpc) is 2.75. The molecule has 0 bridgehead atoms. The highest BCUT2D eigenvalue weighted by atomic mass is 16.5. The highest BCUT2D eigenvalue weighted by molar-refractivity contribution is 5.94. The van der Waals surface area contributed by atoms with Gasteiger partial charge in [-0.3, -0.25) is 4.79 Å². The molecule has 0 spiro atoms. The highest BCUT2D eigenvalue weighted by Gasteiger charge is 2.27. The zero-order chi connectivity index (χ0) is 17.8. The van der Waals surface area contributed by atoms with Crippen LogP contribution in [-0.4, -0.2) is 45.5 Å². The summed E-state index contributed by atoms with van der Waals surface area (Å²) in [5.74, 6) is 0.0199. The summed E-state index contributed by atoms with van der Waals surface area (Å²) < 4.78 is 5.88. The fourth-order valence-electron chi connectivity index (χ4n) is 3.00. The number of pyridine rings is 1. The Morgan fingerprint density at radius 2 is 1.85 bits per heavy atom. The van der Waals surface area contributed by atoms with E-state index in [0.717, 1.165) is 17.0 Å². The van der Waals surface area contributed by atoms with Gasteiger partial charge in [-0.05, 0) is 24.3 Å². The Labute approximate surface area is 151 Å². The molecule has 6 nitrogen and oxygen atoms in total. The van der Waals surface area contributed by atoms with Crippen LogP contribution in [0, 0.1) is 0 Å². The second-order valence-electron chi connectivity index (χ2n) is 6.05. The first-order chi connectivity index (χ1) is 12.8. The molecule has 0 saturated carbocycles. The van der Waals surface area contributed by atoms with Crippen LogP contribution in [0.25, 0.3) is 11.3 Å². The van der Waals surface area contributed by atoms with E-state index in [2.05, 4.69) is 9.97 Å². The Bertz CT molecular complexity index is 887. The van der Waals surface area contributed by atoms with Gasteiger partial charge in [0.05, 0.1) is 24.5 Å². The summed E-state index contributed by atoms with van der Waals surface area (Å²) in [4.78, 5) is 27.3. The van der Waals surface area contributed by atoms with Crippen molar-refractivity contribution in [2.45, 2.75) is 6.10 Å². The van der Waals surface area contributed by atoms with Crippen LogP contribution in [-0.2, 0) is 4.74 Å². The van der Waals surface area contributed by atoms with Crippen LogP contribution in [0.5, 0.6) is 0 Å². The third-order valence-electron chi connectivity index (χ3n) is 4.33. The Hall–Kier alpha value is -3.12. The predicted molar refractivity (Wildman–Crippen MR) is 96.3 cm³/mol. The van der Waals surface area contributed by atoms with Crippen LogP contribution in [0.4, 0.5) is 0 Å². The smallest absolute Gasteiger partial charge is 0.254 e. The molecule has 1 aliphatic heterocycles. The number of aromatic nitrogens is 3. The van der Waals surface area contributed by atoms with Crippen LogP contribution in [0.1, 0.15) is 22.2 Å². The van der Waals surface area contributed by atoms with E-state index in [1.54, 1.807) is 12.4 Å². The molecule has 1 saturated heterocycles. The van der Waals surface area contributed by atoms with Crippen molar-refractivity contribution in [1.82, 2.24) is 19.9 Å². The van der Waals surface area contributed by atoms with E-state index >= 15 is 0 Å². The lowest BCUT2D eigenvalue weighted by molar-refractivity contribution is -0.0246. The van der Waals surface area contributed by atoms with Crippen LogP contribution >= 0.6 is 0 Å². The third kappa shape index (κ3) is 3.45. The number of carbonyl (C=O) groups excluding carboxylic acids is 1. The number of amides is 1. The monoisotopic (exact) mass is 346 g/mol. The summed E-state index contributed by atoms with van der Waals surface area (Å²) in [5.41, 5.74) is 3.13. The molecule has 0 radical (unpaired) electrons. The number of carbonyl (C=O) groups is 1. The average molecular weight is 346 g/mol. The molecule has 1 aliphatic rings. The first-order valence-electron chi connectivity index (χ1n) is 8.49. The molecule has 3 aromatic rings. The topological polar surface area (TPSA) is 68.2 Å². The van der Waals surface area contributed by atoms with Gasteiger partial charge >= 0.3 is 0 Å². The molecule has 1 amide bonds. The molecule has 4 rings (SSSR count). The van der Waals surface area contributed by atoms with Gasteiger partial charge in [0.15, 0.2) is 0 Å². The van der Waals surface area contributed by atoms with Crippen molar-refractivity contribution in [1.29, 1.82) is 0 Å². The summed E-state index contributed by atoms with van der Waals surface area (Å²) in [6.07, 6.45) is 4.70. The van der Waals surface area contributed by atoms with E-state index in [0.29, 0.717) is 25.3 Å². The van der Waals surface area contributed by atoms with Gasteiger partial charge in [-0.2, -0.15) is 0 Å². The SMILES string of the molecule is O=C(c1ccccc1)N1CCOC(c2cccc(-c3cncnc3)n2)C1. The van der Waals surface area contributed by atoms with E-state index in [1.165, 1.54) is 6.33 Å². The van der Waals surface area contributed by atoms with Gasteiger partial charge in [-0.15, -0.1) is 0 Å². The summed E-state index contributed by atoms with van der Waals surface area (Å²) in [6.45, 7) is 1.55. The Balaban J connectivity index is 1.54. The minimum atomic E-state index is -0.249. The van der Waals surface area contributed by atoms with Crippen LogP contribution < -0.4 is 0 Å². The van der Waals surface area contributed by atoms with Gasteiger partial charge in [-0.25, -0.2) is 15.0 Å². The number of nitrogens with zero attached hydrogens (tertiary/aromatic N) is 4. The molecule has 6 heteroatoms.